The van der Waals surface area contributed by atoms with E-state index in [0.29, 0.717) is 11.4 Å². The van der Waals surface area contributed by atoms with Crippen LogP contribution in [0.25, 0.3) is 0 Å². The number of ether oxygens (including phenoxy) is 1. The average molecular weight is 335 g/mol. The Bertz CT molecular complexity index is 608. The summed E-state index contributed by atoms with van der Waals surface area (Å²) in [5.74, 6) is -0.353. The number of anilines is 2. The molecule has 7 nitrogen and oxygen atoms in total. The van der Waals surface area contributed by atoms with Gasteiger partial charge in [-0.2, -0.15) is 0 Å². The maximum absolute atomic E-state index is 11.9. The maximum atomic E-state index is 11.9. The van der Waals surface area contributed by atoms with Crippen molar-refractivity contribution in [2.45, 2.75) is 40.2 Å². The molecule has 132 valence electrons. The number of amides is 3. The van der Waals surface area contributed by atoms with E-state index < -0.39 is 11.7 Å². The molecule has 0 atom stereocenters. The molecule has 1 aromatic carbocycles. The van der Waals surface area contributed by atoms with Crippen LogP contribution in [0.5, 0.6) is 0 Å². The summed E-state index contributed by atoms with van der Waals surface area (Å²) in [5.41, 5.74) is 0.669. The van der Waals surface area contributed by atoms with E-state index in [9.17, 15) is 14.4 Å². The summed E-state index contributed by atoms with van der Waals surface area (Å²) >= 11 is 0. The highest BCUT2D eigenvalue weighted by Crippen LogP contribution is 2.19. The third-order valence-electron chi connectivity index (χ3n) is 2.86. The number of hydrogen-bond acceptors (Lipinski definition) is 4. The zero-order valence-electron chi connectivity index (χ0n) is 14.8. The smallest absolute Gasteiger partial charge is 0.407 e. The number of hydrogen-bond donors (Lipinski definition) is 2. The fourth-order valence-corrected chi connectivity index (χ4v) is 2.01. The molecule has 0 aliphatic heterocycles. The van der Waals surface area contributed by atoms with Crippen molar-refractivity contribution in [3.05, 3.63) is 24.3 Å². The van der Waals surface area contributed by atoms with Crippen LogP contribution in [0.3, 0.4) is 0 Å². The Kier molecular flexibility index (Phi) is 6.76. The minimum atomic E-state index is -0.572. The monoisotopic (exact) mass is 335 g/mol. The lowest BCUT2D eigenvalue weighted by Gasteiger charge is -2.23. The van der Waals surface area contributed by atoms with Crippen LogP contribution in [0.2, 0.25) is 0 Å². The Balaban J connectivity index is 2.69. The summed E-state index contributed by atoms with van der Waals surface area (Å²) in [6, 6.07) is 6.95. The first-order chi connectivity index (χ1) is 11.1. The average Bonchev–Trinajstić information content (AvgIpc) is 2.40. The van der Waals surface area contributed by atoms with Gasteiger partial charge in [-0.3, -0.25) is 9.59 Å². The molecule has 0 aromatic heterocycles. The van der Waals surface area contributed by atoms with E-state index in [1.54, 1.807) is 45.0 Å². The van der Waals surface area contributed by atoms with Crippen LogP contribution in [0.15, 0.2) is 24.3 Å². The first-order valence-corrected chi connectivity index (χ1v) is 7.71. The van der Waals surface area contributed by atoms with Gasteiger partial charge in [0.15, 0.2) is 0 Å². The van der Waals surface area contributed by atoms with E-state index in [4.69, 9.17) is 4.74 Å². The summed E-state index contributed by atoms with van der Waals surface area (Å²) in [6.07, 6.45) is -0.530. The Morgan fingerprint density at radius 3 is 2.38 bits per heavy atom. The Morgan fingerprint density at radius 1 is 1.17 bits per heavy atom. The minimum Gasteiger partial charge on any atom is -0.444 e. The highest BCUT2D eigenvalue weighted by Gasteiger charge is 2.17. The fourth-order valence-electron chi connectivity index (χ4n) is 2.01. The van der Waals surface area contributed by atoms with Crippen LogP contribution < -0.4 is 15.5 Å². The predicted molar refractivity (Wildman–Crippen MR) is 93.0 cm³/mol. The Labute approximate surface area is 142 Å². The first-order valence-electron chi connectivity index (χ1n) is 7.71. The molecule has 1 aromatic rings. The summed E-state index contributed by atoms with van der Waals surface area (Å²) < 4.78 is 5.15. The first kappa shape index (κ1) is 19.5. The zero-order valence-corrected chi connectivity index (χ0v) is 14.8. The van der Waals surface area contributed by atoms with Crippen LogP contribution in [0.4, 0.5) is 16.2 Å². The van der Waals surface area contributed by atoms with Crippen LogP contribution in [-0.4, -0.2) is 36.6 Å². The zero-order chi connectivity index (χ0) is 18.3. The number of carbonyl (C=O) groups excluding carboxylic acids is 3. The van der Waals surface area contributed by atoms with Crippen LogP contribution in [0, 0.1) is 0 Å². The van der Waals surface area contributed by atoms with Crippen LogP contribution in [0.1, 0.15) is 34.6 Å². The molecule has 0 aliphatic rings. The highest BCUT2D eigenvalue weighted by molar-refractivity contribution is 5.94. The van der Waals surface area contributed by atoms with Crippen LogP contribution in [-0.2, 0) is 14.3 Å². The number of nitrogens with one attached hydrogen (secondary N) is 2. The van der Waals surface area contributed by atoms with Gasteiger partial charge in [0.25, 0.3) is 0 Å². The molecule has 0 fully saturated rings. The van der Waals surface area contributed by atoms with Crippen LogP contribution >= 0.6 is 0 Å². The third-order valence-corrected chi connectivity index (χ3v) is 2.86. The van der Waals surface area contributed by atoms with Crippen molar-refractivity contribution in [2.75, 3.05) is 23.3 Å². The van der Waals surface area contributed by atoms with E-state index in [2.05, 4.69) is 10.6 Å². The largest absolute Gasteiger partial charge is 0.444 e. The van der Waals surface area contributed by atoms with Gasteiger partial charge in [0.05, 0.1) is 0 Å². The van der Waals surface area contributed by atoms with E-state index in [1.807, 2.05) is 0 Å². The van der Waals surface area contributed by atoms with Gasteiger partial charge in [-0.15, -0.1) is 0 Å². The number of carbonyl (C=O) groups is 3. The van der Waals surface area contributed by atoms with Crippen molar-refractivity contribution < 1.29 is 19.1 Å². The molecule has 0 saturated heterocycles. The highest BCUT2D eigenvalue weighted by atomic mass is 16.6. The summed E-state index contributed by atoms with van der Waals surface area (Å²) in [6.45, 7) is 8.74. The lowest BCUT2D eigenvalue weighted by Crippen LogP contribution is -2.39. The molecule has 0 bridgehead atoms. The Morgan fingerprint density at radius 2 is 1.83 bits per heavy atom. The number of nitrogens with zero attached hydrogens (tertiary/aromatic N) is 1. The molecule has 0 radical (unpaired) electrons. The lowest BCUT2D eigenvalue weighted by molar-refractivity contribution is -0.116. The molecule has 7 heteroatoms. The summed E-state index contributed by atoms with van der Waals surface area (Å²) in [4.78, 5) is 36.2. The van der Waals surface area contributed by atoms with Gasteiger partial charge in [-0.1, -0.05) is 6.07 Å². The van der Waals surface area contributed by atoms with Gasteiger partial charge < -0.3 is 20.3 Å². The van der Waals surface area contributed by atoms with E-state index in [0.717, 1.165) is 0 Å². The lowest BCUT2D eigenvalue weighted by atomic mass is 10.2. The summed E-state index contributed by atoms with van der Waals surface area (Å²) in [5, 5.41) is 5.29. The number of alkyl carbamates (subject to hydrolysis) is 1. The predicted octanol–water partition coefficient (Wildman–Crippen LogP) is 2.52. The standard InChI is InChI=1S/C17H25N3O4/c1-12(21)19-14-7-6-8-15(11-14)20(13(2)22)10-9-18-16(23)24-17(3,4)5/h6-8,11H,9-10H2,1-5H3,(H,18,23)(H,19,21). The topological polar surface area (TPSA) is 87.7 Å². The van der Waals surface area contributed by atoms with Crippen molar-refractivity contribution in [1.82, 2.24) is 5.32 Å². The molecular weight excluding hydrogens is 310 g/mol. The number of rotatable bonds is 5. The molecule has 3 amide bonds. The second-order valence-corrected chi connectivity index (χ2v) is 6.33. The maximum Gasteiger partial charge on any atom is 0.407 e. The molecule has 0 spiro atoms. The molecule has 2 N–H and O–H groups in total. The SMILES string of the molecule is CC(=O)Nc1cccc(N(CCNC(=O)OC(C)(C)C)C(C)=O)c1. The normalized spacial score (nSPS) is 10.7. The Hall–Kier alpha value is -2.57. The van der Waals surface area contributed by atoms with Gasteiger partial charge >= 0.3 is 6.09 Å². The second kappa shape index (κ2) is 8.33. The molecule has 24 heavy (non-hydrogen) atoms. The molecule has 0 aliphatic carbocycles. The quantitative estimate of drug-likeness (QED) is 0.865. The number of benzene rings is 1. The molecular formula is C17H25N3O4. The van der Waals surface area contributed by atoms with Crippen molar-refractivity contribution in [3.63, 3.8) is 0 Å². The summed E-state index contributed by atoms with van der Waals surface area (Å²) in [7, 11) is 0. The minimum absolute atomic E-state index is 0.166. The van der Waals surface area contributed by atoms with Crippen molar-refractivity contribution in [1.29, 1.82) is 0 Å². The van der Waals surface area contributed by atoms with Crippen molar-refractivity contribution in [3.8, 4) is 0 Å². The van der Waals surface area contributed by atoms with Crippen molar-refractivity contribution in [2.24, 2.45) is 0 Å². The van der Waals surface area contributed by atoms with Gasteiger partial charge in [-0.05, 0) is 39.0 Å². The van der Waals surface area contributed by atoms with E-state index in [1.165, 1.54) is 18.7 Å². The fraction of sp³-hybridized carbons (Fsp3) is 0.471. The van der Waals surface area contributed by atoms with Gasteiger partial charge in [0.1, 0.15) is 5.60 Å². The van der Waals surface area contributed by atoms with Gasteiger partial charge in [0.2, 0.25) is 11.8 Å². The molecule has 0 unspecified atom stereocenters. The van der Waals surface area contributed by atoms with E-state index in [-0.39, 0.29) is 24.9 Å². The van der Waals surface area contributed by atoms with Crippen molar-refractivity contribution >= 4 is 29.3 Å². The van der Waals surface area contributed by atoms with Gasteiger partial charge in [0, 0.05) is 38.3 Å². The molecule has 0 heterocycles. The molecule has 0 saturated carbocycles. The third kappa shape index (κ3) is 7.13. The second-order valence-electron chi connectivity index (χ2n) is 6.33. The molecule has 1 rings (SSSR count). The van der Waals surface area contributed by atoms with E-state index >= 15 is 0 Å². The van der Waals surface area contributed by atoms with Gasteiger partial charge in [-0.25, -0.2) is 4.79 Å².